The molecule has 1 aromatic rings. The molecule has 1 fully saturated rings. The van der Waals surface area contributed by atoms with Crippen LogP contribution in [0.4, 0.5) is 11.4 Å². The predicted molar refractivity (Wildman–Crippen MR) is 81.5 cm³/mol. The average Bonchev–Trinajstić information content (AvgIpc) is 2.72. The van der Waals surface area contributed by atoms with Crippen molar-refractivity contribution < 1.29 is 15.0 Å². The van der Waals surface area contributed by atoms with Crippen molar-refractivity contribution in [2.24, 2.45) is 5.92 Å². The van der Waals surface area contributed by atoms with Gasteiger partial charge in [0.1, 0.15) is 0 Å². The number of carbonyl (C=O) groups excluding carboxylic acids is 1. The summed E-state index contributed by atoms with van der Waals surface area (Å²) in [5, 5.41) is 19.0. The van der Waals surface area contributed by atoms with E-state index in [2.05, 4.69) is 4.90 Å². The van der Waals surface area contributed by atoms with Crippen molar-refractivity contribution in [3.05, 3.63) is 23.8 Å². The molecular formula is C16H22N2O3. The van der Waals surface area contributed by atoms with Crippen molar-refractivity contribution in [2.45, 2.75) is 25.4 Å². The lowest BCUT2D eigenvalue weighted by Gasteiger charge is -2.34. The number of hydrogen-bond donors (Lipinski definition) is 2. The fourth-order valence-electron chi connectivity index (χ4n) is 3.40. The first-order valence-corrected chi connectivity index (χ1v) is 7.57. The van der Waals surface area contributed by atoms with Gasteiger partial charge >= 0.3 is 0 Å². The molecule has 5 nitrogen and oxygen atoms in total. The molecule has 2 atom stereocenters. The molecule has 21 heavy (non-hydrogen) atoms. The minimum atomic E-state index is -1.03. The summed E-state index contributed by atoms with van der Waals surface area (Å²) in [6.45, 7) is 2.19. The summed E-state index contributed by atoms with van der Waals surface area (Å²) in [6.07, 6.45) is 2.11. The van der Waals surface area contributed by atoms with E-state index in [-0.39, 0.29) is 12.5 Å². The molecule has 3 rings (SSSR count). The molecule has 5 heteroatoms. The van der Waals surface area contributed by atoms with E-state index in [1.807, 2.05) is 18.2 Å². The number of piperidine rings is 1. The smallest absolute Gasteiger partial charge is 0.260 e. The van der Waals surface area contributed by atoms with Gasteiger partial charge in [-0.15, -0.1) is 0 Å². The van der Waals surface area contributed by atoms with Crippen LogP contribution < -0.4 is 9.80 Å². The second kappa shape index (κ2) is 5.66. The van der Waals surface area contributed by atoms with Crippen molar-refractivity contribution in [2.75, 3.05) is 36.5 Å². The van der Waals surface area contributed by atoms with Crippen molar-refractivity contribution in [1.82, 2.24) is 0 Å². The molecule has 0 saturated carbocycles. The summed E-state index contributed by atoms with van der Waals surface area (Å²) in [5.74, 6) is 0.265. The van der Waals surface area contributed by atoms with E-state index < -0.39 is 6.10 Å². The Balaban J connectivity index is 1.83. The number of rotatable bonds is 3. The summed E-state index contributed by atoms with van der Waals surface area (Å²) in [5.41, 5.74) is 2.58. The van der Waals surface area contributed by atoms with Crippen LogP contribution in [0.5, 0.6) is 0 Å². The fraction of sp³-hybridized carbons (Fsp3) is 0.562. The van der Waals surface area contributed by atoms with E-state index in [4.69, 9.17) is 5.11 Å². The van der Waals surface area contributed by atoms with Gasteiger partial charge in [-0.05, 0) is 37.3 Å². The summed E-state index contributed by atoms with van der Waals surface area (Å²) >= 11 is 0. The number of fused-ring (bicyclic) bond motifs is 1. The molecule has 2 heterocycles. The largest absolute Gasteiger partial charge is 0.396 e. The zero-order chi connectivity index (χ0) is 15.0. The Morgan fingerprint density at radius 2 is 2.19 bits per heavy atom. The van der Waals surface area contributed by atoms with Gasteiger partial charge in [-0.3, -0.25) is 4.79 Å². The Morgan fingerprint density at radius 3 is 2.95 bits per heavy atom. The van der Waals surface area contributed by atoms with Crippen molar-refractivity contribution in [3.63, 3.8) is 0 Å². The number of benzene rings is 1. The van der Waals surface area contributed by atoms with E-state index in [1.165, 1.54) is 11.3 Å². The third-order valence-corrected chi connectivity index (χ3v) is 4.66. The first-order chi connectivity index (χ1) is 10.1. The Labute approximate surface area is 124 Å². The molecular weight excluding hydrogens is 268 g/mol. The Kier molecular flexibility index (Phi) is 3.87. The van der Waals surface area contributed by atoms with Crippen LogP contribution in [0.25, 0.3) is 0 Å². The molecule has 2 aliphatic heterocycles. The molecule has 2 aliphatic rings. The van der Waals surface area contributed by atoms with Gasteiger partial charge in [0.15, 0.2) is 6.10 Å². The maximum absolute atomic E-state index is 11.8. The molecule has 114 valence electrons. The second-order valence-electron chi connectivity index (χ2n) is 6.01. The molecule has 0 spiro atoms. The average molecular weight is 290 g/mol. The Bertz CT molecular complexity index is 544. The van der Waals surface area contributed by atoms with Crippen molar-refractivity contribution in [3.8, 4) is 0 Å². The van der Waals surface area contributed by atoms with Crippen molar-refractivity contribution in [1.29, 1.82) is 0 Å². The van der Waals surface area contributed by atoms with E-state index in [1.54, 1.807) is 7.05 Å². The van der Waals surface area contributed by atoms with Gasteiger partial charge in [-0.1, -0.05) is 6.07 Å². The first-order valence-electron chi connectivity index (χ1n) is 7.57. The van der Waals surface area contributed by atoms with Gasteiger partial charge in [0.05, 0.1) is 5.69 Å². The monoisotopic (exact) mass is 290 g/mol. The highest BCUT2D eigenvalue weighted by Gasteiger charge is 2.34. The van der Waals surface area contributed by atoms with Crippen LogP contribution in [0.1, 0.15) is 30.9 Å². The first kappa shape index (κ1) is 14.4. The highest BCUT2D eigenvalue weighted by molar-refractivity contribution is 6.03. The number of carbonyl (C=O) groups is 1. The summed E-state index contributed by atoms with van der Waals surface area (Å²) < 4.78 is 0. The molecule has 1 amide bonds. The summed E-state index contributed by atoms with van der Waals surface area (Å²) in [6, 6.07) is 5.83. The van der Waals surface area contributed by atoms with Crippen LogP contribution in [-0.4, -0.2) is 42.9 Å². The minimum absolute atomic E-state index is 0.242. The topological polar surface area (TPSA) is 64.0 Å². The molecule has 0 radical (unpaired) electrons. The number of hydrogen-bond acceptors (Lipinski definition) is 4. The van der Waals surface area contributed by atoms with Gasteiger partial charge in [-0.2, -0.15) is 0 Å². The third-order valence-electron chi connectivity index (χ3n) is 4.66. The molecule has 0 aromatic heterocycles. The molecule has 1 saturated heterocycles. The summed E-state index contributed by atoms with van der Waals surface area (Å²) in [4.78, 5) is 15.7. The second-order valence-corrected chi connectivity index (χ2v) is 6.01. The number of aliphatic hydroxyl groups is 2. The highest BCUT2D eigenvalue weighted by atomic mass is 16.3. The molecule has 2 unspecified atom stereocenters. The number of amides is 1. The zero-order valence-electron chi connectivity index (χ0n) is 12.3. The van der Waals surface area contributed by atoms with Gasteiger partial charge in [0.2, 0.25) is 0 Å². The van der Waals surface area contributed by atoms with E-state index >= 15 is 0 Å². The van der Waals surface area contributed by atoms with Gasteiger partial charge in [0, 0.05) is 38.0 Å². The highest BCUT2D eigenvalue weighted by Crippen LogP contribution is 2.38. The quantitative estimate of drug-likeness (QED) is 0.880. The Hall–Kier alpha value is -1.59. The van der Waals surface area contributed by atoms with Crippen LogP contribution in [0.15, 0.2) is 18.2 Å². The van der Waals surface area contributed by atoms with Crippen LogP contribution in [0.2, 0.25) is 0 Å². The lowest BCUT2D eigenvalue weighted by atomic mass is 9.94. The zero-order valence-corrected chi connectivity index (χ0v) is 12.3. The molecule has 0 aliphatic carbocycles. The van der Waals surface area contributed by atoms with E-state index in [0.29, 0.717) is 11.5 Å². The fourth-order valence-corrected chi connectivity index (χ4v) is 3.40. The number of likely N-dealkylation sites (N-methyl/N-ethyl adjacent to an activating group) is 1. The standard InChI is InChI=1S/C16H22N2O3/c1-17-14-9-12(4-5-13(14)15(20)16(17)21)18-7-2-3-11(10-18)6-8-19/h4-5,9,11,15,19-20H,2-3,6-8,10H2,1H3. The van der Waals surface area contributed by atoms with E-state index in [9.17, 15) is 9.90 Å². The van der Waals surface area contributed by atoms with E-state index in [0.717, 1.165) is 37.3 Å². The predicted octanol–water partition coefficient (Wildman–Crippen LogP) is 1.30. The molecule has 1 aromatic carbocycles. The maximum atomic E-state index is 11.8. The number of anilines is 2. The van der Waals surface area contributed by atoms with Crippen LogP contribution in [-0.2, 0) is 4.79 Å². The van der Waals surface area contributed by atoms with Gasteiger partial charge in [-0.25, -0.2) is 0 Å². The number of aliphatic hydroxyl groups excluding tert-OH is 2. The maximum Gasteiger partial charge on any atom is 0.260 e. The van der Waals surface area contributed by atoms with Crippen LogP contribution in [0, 0.1) is 5.92 Å². The SMILES string of the molecule is CN1C(=O)C(O)c2ccc(N3CCCC(CCO)C3)cc21. The molecule has 0 bridgehead atoms. The third kappa shape index (κ3) is 2.51. The summed E-state index contributed by atoms with van der Waals surface area (Å²) in [7, 11) is 1.70. The van der Waals surface area contributed by atoms with Crippen molar-refractivity contribution >= 4 is 17.3 Å². The molecule has 2 N–H and O–H groups in total. The van der Waals surface area contributed by atoms with Crippen LogP contribution in [0.3, 0.4) is 0 Å². The lowest BCUT2D eigenvalue weighted by Crippen LogP contribution is -2.35. The normalized spacial score (nSPS) is 25.4. The minimum Gasteiger partial charge on any atom is -0.396 e. The number of nitrogens with zero attached hydrogens (tertiary/aromatic N) is 2. The lowest BCUT2D eigenvalue weighted by molar-refractivity contribution is -0.125. The van der Waals surface area contributed by atoms with Crippen LogP contribution >= 0.6 is 0 Å². The van der Waals surface area contributed by atoms with Gasteiger partial charge in [0.25, 0.3) is 5.91 Å². The Morgan fingerprint density at radius 1 is 1.38 bits per heavy atom. The van der Waals surface area contributed by atoms with Gasteiger partial charge < -0.3 is 20.0 Å².